The molecule has 0 aliphatic heterocycles. The molecule has 13 heavy (non-hydrogen) atoms. The molecule has 0 spiro atoms. The van der Waals surface area contributed by atoms with E-state index in [4.69, 9.17) is 5.73 Å². The van der Waals surface area contributed by atoms with Crippen molar-refractivity contribution in [3.63, 3.8) is 0 Å². The quantitative estimate of drug-likeness (QED) is 0.643. The highest BCUT2D eigenvalue weighted by molar-refractivity contribution is 9.10. The van der Waals surface area contributed by atoms with Crippen LogP contribution >= 0.6 is 15.9 Å². The first kappa shape index (κ1) is 10.1. The van der Waals surface area contributed by atoms with Crippen molar-refractivity contribution in [2.24, 2.45) is 5.73 Å². The van der Waals surface area contributed by atoms with Crippen molar-refractivity contribution in [3.8, 4) is 0 Å². The topological polar surface area (TPSA) is 69.2 Å². The van der Waals surface area contributed by atoms with Crippen molar-refractivity contribution in [3.05, 3.63) is 38.1 Å². The molecule has 1 rings (SSSR count). The first-order valence-electron chi connectivity index (χ1n) is 3.38. The van der Waals surface area contributed by atoms with Crippen molar-refractivity contribution >= 4 is 21.6 Å². The third-order valence-corrected chi connectivity index (χ3v) is 2.27. The Kier molecular flexibility index (Phi) is 2.94. The maximum Gasteiger partial charge on any atom is 0.305 e. The van der Waals surface area contributed by atoms with Crippen molar-refractivity contribution in [2.75, 3.05) is 0 Å². The number of hydrogen-bond acceptors (Lipinski definition) is 3. The minimum atomic E-state index is -0.867. The number of nitrogens with zero attached hydrogens (tertiary/aromatic N) is 1. The number of nitro benzene ring substituents is 1. The molecule has 6 heteroatoms. The summed E-state index contributed by atoms with van der Waals surface area (Å²) in [7, 11) is 0. The molecule has 1 aromatic carbocycles. The van der Waals surface area contributed by atoms with Crippen LogP contribution in [0, 0.1) is 15.9 Å². The van der Waals surface area contributed by atoms with E-state index in [1.54, 1.807) is 0 Å². The van der Waals surface area contributed by atoms with Crippen LogP contribution in [0.4, 0.5) is 10.1 Å². The molecule has 0 fully saturated rings. The largest absolute Gasteiger partial charge is 0.326 e. The number of benzene rings is 1. The smallest absolute Gasteiger partial charge is 0.305 e. The van der Waals surface area contributed by atoms with E-state index in [0.717, 1.165) is 12.1 Å². The van der Waals surface area contributed by atoms with Gasteiger partial charge in [-0.25, -0.2) is 0 Å². The fraction of sp³-hybridized carbons (Fsp3) is 0.143. The number of halogens is 2. The normalized spacial score (nSPS) is 10.1. The molecular formula is C7H6BrFN2O2. The molecule has 0 amide bonds. The van der Waals surface area contributed by atoms with Gasteiger partial charge in [-0.1, -0.05) is 15.9 Å². The Hall–Kier alpha value is -1.01. The molecule has 0 saturated carbocycles. The highest BCUT2D eigenvalue weighted by atomic mass is 79.9. The number of hydrogen-bond donors (Lipinski definition) is 1. The van der Waals surface area contributed by atoms with Gasteiger partial charge in [-0.3, -0.25) is 10.1 Å². The Labute approximate surface area is 81.8 Å². The molecule has 0 unspecified atom stereocenters. The maximum atomic E-state index is 12.9. The highest BCUT2D eigenvalue weighted by Gasteiger charge is 2.16. The number of nitro groups is 1. The molecule has 2 N–H and O–H groups in total. The Morgan fingerprint density at radius 1 is 1.62 bits per heavy atom. The minimum Gasteiger partial charge on any atom is -0.326 e. The Bertz CT molecular complexity index is 357. The van der Waals surface area contributed by atoms with Crippen LogP contribution in [-0.4, -0.2) is 4.92 Å². The Morgan fingerprint density at radius 2 is 2.23 bits per heavy atom. The first-order valence-corrected chi connectivity index (χ1v) is 4.18. The zero-order valence-electron chi connectivity index (χ0n) is 6.46. The summed E-state index contributed by atoms with van der Waals surface area (Å²) >= 11 is 3.05. The van der Waals surface area contributed by atoms with E-state index in [-0.39, 0.29) is 6.54 Å². The van der Waals surface area contributed by atoms with E-state index < -0.39 is 16.4 Å². The summed E-state index contributed by atoms with van der Waals surface area (Å²) in [5.74, 6) is -0.867. The molecule has 0 radical (unpaired) electrons. The summed E-state index contributed by atoms with van der Waals surface area (Å²) in [6, 6.07) is 2.17. The van der Waals surface area contributed by atoms with Gasteiger partial charge in [-0.2, -0.15) is 4.39 Å². The molecule has 0 saturated heterocycles. The lowest BCUT2D eigenvalue weighted by Gasteiger charge is -2.01. The van der Waals surface area contributed by atoms with Gasteiger partial charge in [0.2, 0.25) is 5.82 Å². The predicted octanol–water partition coefficient (Wildman–Crippen LogP) is 1.96. The van der Waals surface area contributed by atoms with Gasteiger partial charge in [0.25, 0.3) is 0 Å². The monoisotopic (exact) mass is 248 g/mol. The molecule has 0 aromatic heterocycles. The van der Waals surface area contributed by atoms with E-state index in [1.165, 1.54) is 0 Å². The third-order valence-electron chi connectivity index (χ3n) is 1.53. The fourth-order valence-electron chi connectivity index (χ4n) is 0.877. The number of rotatable bonds is 2. The molecule has 0 atom stereocenters. The molecule has 0 aliphatic carbocycles. The maximum absolute atomic E-state index is 12.9. The van der Waals surface area contributed by atoms with Crippen molar-refractivity contribution in [1.82, 2.24) is 0 Å². The summed E-state index contributed by atoms with van der Waals surface area (Å²) in [6.07, 6.45) is 0. The Balaban J connectivity index is 3.30. The number of nitrogens with two attached hydrogens (primary N) is 1. The van der Waals surface area contributed by atoms with Gasteiger partial charge in [0.15, 0.2) is 0 Å². The summed E-state index contributed by atoms with van der Waals surface area (Å²) in [4.78, 5) is 9.53. The van der Waals surface area contributed by atoms with E-state index in [1.807, 2.05) is 0 Å². The second-order valence-electron chi connectivity index (χ2n) is 2.36. The lowest BCUT2D eigenvalue weighted by atomic mass is 10.2. The van der Waals surface area contributed by atoms with Crippen molar-refractivity contribution in [2.45, 2.75) is 6.54 Å². The summed E-state index contributed by atoms with van der Waals surface area (Å²) in [5, 5.41) is 10.3. The lowest BCUT2D eigenvalue weighted by molar-refractivity contribution is -0.387. The molecule has 70 valence electrons. The van der Waals surface area contributed by atoms with E-state index in [2.05, 4.69) is 15.9 Å². The van der Waals surface area contributed by atoms with Crippen LogP contribution in [0.25, 0.3) is 0 Å². The minimum absolute atomic E-state index is 0.127. The lowest BCUT2D eigenvalue weighted by Crippen LogP contribution is -2.01. The third kappa shape index (κ3) is 2.02. The second-order valence-corrected chi connectivity index (χ2v) is 3.21. The predicted molar refractivity (Wildman–Crippen MR) is 48.6 cm³/mol. The first-order chi connectivity index (χ1) is 6.06. The van der Waals surface area contributed by atoms with Crippen LogP contribution in [0.5, 0.6) is 0 Å². The van der Waals surface area contributed by atoms with Crippen LogP contribution < -0.4 is 5.73 Å². The van der Waals surface area contributed by atoms with E-state index in [0.29, 0.717) is 10.0 Å². The second kappa shape index (κ2) is 3.80. The molecule has 0 heterocycles. The van der Waals surface area contributed by atoms with Gasteiger partial charge in [-0.05, 0) is 11.6 Å². The van der Waals surface area contributed by atoms with Gasteiger partial charge in [0.1, 0.15) is 0 Å². The average molecular weight is 249 g/mol. The fourth-order valence-corrected chi connectivity index (χ4v) is 1.35. The van der Waals surface area contributed by atoms with Crippen LogP contribution in [0.3, 0.4) is 0 Å². The van der Waals surface area contributed by atoms with Crippen LogP contribution in [0.2, 0.25) is 0 Å². The van der Waals surface area contributed by atoms with Gasteiger partial charge < -0.3 is 5.73 Å². The molecule has 0 bridgehead atoms. The van der Waals surface area contributed by atoms with Gasteiger partial charge >= 0.3 is 5.69 Å². The highest BCUT2D eigenvalue weighted by Crippen LogP contribution is 2.25. The van der Waals surface area contributed by atoms with E-state index >= 15 is 0 Å². The van der Waals surface area contributed by atoms with Crippen molar-refractivity contribution in [1.29, 1.82) is 0 Å². The van der Waals surface area contributed by atoms with Gasteiger partial charge in [0.05, 0.1) is 4.92 Å². The van der Waals surface area contributed by atoms with Crippen LogP contribution in [0.1, 0.15) is 5.56 Å². The summed E-state index contributed by atoms with van der Waals surface area (Å²) in [5.41, 5.74) is 5.25. The van der Waals surface area contributed by atoms with E-state index in [9.17, 15) is 14.5 Å². The SMILES string of the molecule is NCc1cc([N+](=O)[O-])c(F)cc1Br. The Morgan fingerprint density at radius 3 is 2.69 bits per heavy atom. The molecule has 0 aliphatic rings. The summed E-state index contributed by atoms with van der Waals surface area (Å²) in [6.45, 7) is 0.127. The van der Waals surface area contributed by atoms with Crippen LogP contribution in [-0.2, 0) is 6.54 Å². The van der Waals surface area contributed by atoms with Gasteiger partial charge in [-0.15, -0.1) is 0 Å². The van der Waals surface area contributed by atoms with Crippen molar-refractivity contribution < 1.29 is 9.31 Å². The van der Waals surface area contributed by atoms with Gasteiger partial charge in [0, 0.05) is 17.1 Å². The summed E-state index contributed by atoms with van der Waals surface area (Å²) < 4.78 is 13.3. The average Bonchev–Trinajstić information content (AvgIpc) is 2.03. The molecule has 1 aromatic rings. The molecular weight excluding hydrogens is 243 g/mol. The zero-order chi connectivity index (χ0) is 10.0. The zero-order valence-corrected chi connectivity index (χ0v) is 8.04. The molecule has 4 nitrogen and oxygen atoms in total. The van der Waals surface area contributed by atoms with Crippen LogP contribution in [0.15, 0.2) is 16.6 Å². The standard InChI is InChI=1S/C7H6BrFN2O2/c8-5-2-6(9)7(11(12)13)1-4(5)3-10/h1-2H,3,10H2.